The average molecular weight is 256 g/mol. The number of nitrogens with zero attached hydrogens (tertiary/aromatic N) is 2. The summed E-state index contributed by atoms with van der Waals surface area (Å²) in [5.41, 5.74) is 4.90. The third kappa shape index (κ3) is 3.48. The average Bonchev–Trinajstić information content (AvgIpc) is 2.40. The number of nitrogens with two attached hydrogens (primary N) is 1. The van der Waals surface area contributed by atoms with E-state index in [1.54, 1.807) is 0 Å². The van der Waals surface area contributed by atoms with Gasteiger partial charge in [0.15, 0.2) is 0 Å². The van der Waals surface area contributed by atoms with Crippen LogP contribution in [0.3, 0.4) is 0 Å². The van der Waals surface area contributed by atoms with Gasteiger partial charge in [-0.25, -0.2) is 0 Å². The van der Waals surface area contributed by atoms with E-state index in [2.05, 4.69) is 91.8 Å². The summed E-state index contributed by atoms with van der Waals surface area (Å²) in [5, 5.41) is 2.19. The second-order valence-corrected chi connectivity index (χ2v) is 5.12. The Kier molecular flexibility index (Phi) is 4.07. The number of quaternary nitrogens is 1. The molecule has 100 valence electrons. The van der Waals surface area contributed by atoms with E-state index in [9.17, 15) is 0 Å². The third-order valence-electron chi connectivity index (χ3n) is 3.15. The summed E-state index contributed by atoms with van der Waals surface area (Å²) >= 11 is 0. The van der Waals surface area contributed by atoms with Gasteiger partial charge in [0.2, 0.25) is 0 Å². The van der Waals surface area contributed by atoms with Crippen molar-refractivity contribution in [2.75, 3.05) is 38.0 Å². The second-order valence-electron chi connectivity index (χ2n) is 5.12. The number of anilines is 2. The van der Waals surface area contributed by atoms with Crippen LogP contribution >= 0.6 is 0 Å². The van der Waals surface area contributed by atoms with Crippen molar-refractivity contribution in [3.05, 3.63) is 48.5 Å². The number of rotatable bonds is 4. The minimum absolute atomic E-state index is 1.22. The monoisotopic (exact) mass is 256 g/mol. The Bertz CT molecular complexity index is 463. The normalized spacial score (nSPS) is 10.3. The minimum atomic E-state index is 1.22. The lowest BCUT2D eigenvalue weighted by Gasteiger charge is -2.13. The van der Waals surface area contributed by atoms with Crippen LogP contribution in [0.25, 0.3) is 0 Å². The van der Waals surface area contributed by atoms with Crippen LogP contribution in [0.5, 0.6) is 0 Å². The van der Waals surface area contributed by atoms with Crippen molar-refractivity contribution < 1.29 is 5.32 Å². The molecule has 0 saturated heterocycles. The Labute approximate surface area is 115 Å². The van der Waals surface area contributed by atoms with Gasteiger partial charge in [0.1, 0.15) is 11.4 Å². The molecule has 0 aromatic heterocycles. The molecule has 0 radical (unpaired) electrons. The standard InChI is InChI=1S/C16H21N3/c1-18(2)15-9-5-13(6-10-15)17-14-7-11-16(12-8-14)19(3)4/h5-12,17H,1-4H3/p+1. The molecule has 0 aliphatic carbocycles. The molecular formula is C16H22N3+. The van der Waals surface area contributed by atoms with E-state index < -0.39 is 0 Å². The van der Waals surface area contributed by atoms with Crippen molar-refractivity contribution in [2.24, 2.45) is 0 Å². The highest BCUT2D eigenvalue weighted by molar-refractivity contribution is 5.52. The van der Waals surface area contributed by atoms with Crippen LogP contribution in [0, 0.1) is 0 Å². The Morgan fingerprint density at radius 2 is 0.895 bits per heavy atom. The third-order valence-corrected chi connectivity index (χ3v) is 3.15. The van der Waals surface area contributed by atoms with Gasteiger partial charge >= 0.3 is 0 Å². The highest BCUT2D eigenvalue weighted by atomic mass is 15.1. The van der Waals surface area contributed by atoms with Crippen LogP contribution in [-0.2, 0) is 0 Å². The van der Waals surface area contributed by atoms with Gasteiger partial charge in [-0.3, -0.25) is 5.32 Å². The molecule has 0 amide bonds. The largest absolute Gasteiger partial charge is 0.378 e. The second kappa shape index (κ2) is 5.76. The van der Waals surface area contributed by atoms with Crippen molar-refractivity contribution in [1.29, 1.82) is 0 Å². The Hall–Kier alpha value is -2.00. The summed E-state index contributed by atoms with van der Waals surface area (Å²) in [6.07, 6.45) is 0. The first-order chi connectivity index (χ1) is 9.06. The van der Waals surface area contributed by atoms with E-state index in [4.69, 9.17) is 0 Å². The van der Waals surface area contributed by atoms with E-state index in [-0.39, 0.29) is 0 Å². The van der Waals surface area contributed by atoms with Crippen LogP contribution in [0.2, 0.25) is 0 Å². The van der Waals surface area contributed by atoms with Crippen molar-refractivity contribution >= 4 is 22.7 Å². The first kappa shape index (κ1) is 13.4. The molecule has 3 nitrogen and oxygen atoms in total. The smallest absolute Gasteiger partial charge is 0.134 e. The van der Waals surface area contributed by atoms with Gasteiger partial charge in [-0.1, -0.05) is 0 Å². The first-order valence-electron chi connectivity index (χ1n) is 6.46. The van der Waals surface area contributed by atoms with Gasteiger partial charge in [-0.05, 0) is 24.3 Å². The van der Waals surface area contributed by atoms with Crippen LogP contribution in [0.1, 0.15) is 0 Å². The van der Waals surface area contributed by atoms with E-state index in [0.29, 0.717) is 0 Å². The molecule has 0 bridgehead atoms. The van der Waals surface area contributed by atoms with Crippen LogP contribution in [0.4, 0.5) is 22.7 Å². The van der Waals surface area contributed by atoms with Crippen molar-refractivity contribution in [3.63, 3.8) is 0 Å². The molecule has 3 heteroatoms. The lowest BCUT2D eigenvalue weighted by atomic mass is 10.2. The van der Waals surface area contributed by atoms with Gasteiger partial charge in [-0.15, -0.1) is 0 Å². The molecule has 2 aromatic carbocycles. The Morgan fingerprint density at radius 3 is 1.16 bits per heavy atom. The van der Waals surface area contributed by atoms with Gasteiger partial charge in [0, 0.05) is 63.8 Å². The summed E-state index contributed by atoms with van der Waals surface area (Å²) < 4.78 is 0. The van der Waals surface area contributed by atoms with Crippen LogP contribution in [-0.4, -0.2) is 28.2 Å². The number of benzene rings is 2. The van der Waals surface area contributed by atoms with Crippen molar-refractivity contribution in [3.8, 4) is 0 Å². The zero-order valence-electron chi connectivity index (χ0n) is 12.1. The quantitative estimate of drug-likeness (QED) is 0.849. The molecule has 0 fully saturated rings. The van der Waals surface area contributed by atoms with Crippen molar-refractivity contribution in [2.45, 2.75) is 0 Å². The summed E-state index contributed by atoms with van der Waals surface area (Å²) in [7, 11) is 8.22. The molecule has 19 heavy (non-hydrogen) atoms. The van der Waals surface area contributed by atoms with E-state index >= 15 is 0 Å². The summed E-state index contributed by atoms with van der Waals surface area (Å²) in [5.74, 6) is 0. The zero-order valence-corrected chi connectivity index (χ0v) is 12.1. The predicted molar refractivity (Wildman–Crippen MR) is 82.8 cm³/mol. The molecule has 0 spiro atoms. The molecule has 0 aliphatic heterocycles. The maximum Gasteiger partial charge on any atom is 0.134 e. The van der Waals surface area contributed by atoms with Crippen LogP contribution in [0.15, 0.2) is 48.5 Å². The molecule has 2 rings (SSSR count). The van der Waals surface area contributed by atoms with Gasteiger partial charge in [-0.2, -0.15) is 0 Å². The summed E-state index contributed by atoms with van der Waals surface area (Å²) in [6.45, 7) is 0. The fourth-order valence-corrected chi connectivity index (χ4v) is 1.93. The maximum absolute atomic E-state index is 2.19. The molecule has 2 aromatic rings. The van der Waals surface area contributed by atoms with Crippen molar-refractivity contribution in [1.82, 2.24) is 0 Å². The topological polar surface area (TPSA) is 23.1 Å². The zero-order chi connectivity index (χ0) is 13.8. The summed E-state index contributed by atoms with van der Waals surface area (Å²) in [4.78, 5) is 4.21. The molecule has 0 heterocycles. The fraction of sp³-hybridized carbons (Fsp3) is 0.250. The lowest BCUT2D eigenvalue weighted by molar-refractivity contribution is -0.478. The molecule has 0 unspecified atom stereocenters. The molecule has 0 atom stereocenters. The van der Waals surface area contributed by atoms with E-state index in [1.165, 1.54) is 22.7 Å². The fourth-order valence-electron chi connectivity index (χ4n) is 1.93. The van der Waals surface area contributed by atoms with Gasteiger partial charge < -0.3 is 9.80 Å². The minimum Gasteiger partial charge on any atom is -0.378 e. The molecule has 0 aliphatic rings. The maximum atomic E-state index is 2.19. The summed E-state index contributed by atoms with van der Waals surface area (Å²) in [6, 6.07) is 17.1. The van der Waals surface area contributed by atoms with Gasteiger partial charge in [0.25, 0.3) is 0 Å². The highest BCUT2D eigenvalue weighted by Gasteiger charge is 2.02. The lowest BCUT2D eigenvalue weighted by Crippen LogP contribution is -2.70. The highest BCUT2D eigenvalue weighted by Crippen LogP contribution is 2.15. The Morgan fingerprint density at radius 1 is 0.579 bits per heavy atom. The van der Waals surface area contributed by atoms with Gasteiger partial charge in [0.05, 0.1) is 0 Å². The first-order valence-corrected chi connectivity index (χ1v) is 6.46. The number of hydrogen-bond donors (Lipinski definition) is 1. The molecular weight excluding hydrogens is 234 g/mol. The van der Waals surface area contributed by atoms with E-state index in [1.807, 2.05) is 0 Å². The number of hydrogen-bond acceptors (Lipinski definition) is 2. The SMILES string of the molecule is CN(C)c1ccc([NH2+]c2ccc(N(C)C)cc2)cc1. The molecule has 0 saturated carbocycles. The Balaban J connectivity index is 2.08. The predicted octanol–water partition coefficient (Wildman–Crippen LogP) is 2.35. The molecule has 2 N–H and O–H groups in total. The van der Waals surface area contributed by atoms with E-state index in [0.717, 1.165) is 0 Å². The van der Waals surface area contributed by atoms with Crippen LogP contribution < -0.4 is 15.1 Å².